The van der Waals surface area contributed by atoms with Crippen LogP contribution in [0.1, 0.15) is 26.2 Å². The Hall–Kier alpha value is -0.160. The second-order valence-electron chi connectivity index (χ2n) is 5.19. The molecular formula is C15H22O2S2. The number of rotatable bonds is 5. The molecule has 0 spiro atoms. The average Bonchev–Trinajstić information content (AvgIpc) is 2.40. The van der Waals surface area contributed by atoms with Crippen molar-refractivity contribution in [2.75, 3.05) is 11.5 Å². The molecule has 0 radical (unpaired) electrons. The average molecular weight is 298 g/mol. The van der Waals surface area contributed by atoms with Gasteiger partial charge in [0.1, 0.15) is 0 Å². The van der Waals surface area contributed by atoms with Gasteiger partial charge in [-0.05, 0) is 43.4 Å². The highest BCUT2D eigenvalue weighted by Gasteiger charge is 2.40. The minimum atomic E-state index is -0.446. The van der Waals surface area contributed by atoms with Crippen LogP contribution < -0.4 is 0 Å². The van der Waals surface area contributed by atoms with Gasteiger partial charge in [-0.15, -0.1) is 11.8 Å². The smallest absolute Gasteiger partial charge is 0.0715 e. The summed E-state index contributed by atoms with van der Waals surface area (Å²) >= 11 is 3.74. The molecule has 1 aliphatic heterocycles. The molecule has 0 bridgehead atoms. The maximum Gasteiger partial charge on any atom is 0.0715 e. The standard InChI is InChI=1S/C15H22O2S2/c1-12(16)11-14(17)15(7-9-18-10-8-15)19-13-5-3-2-4-6-13/h2-6,12,14,16-17H,7-11H2,1H3/t12-,14-/m1/s1. The maximum atomic E-state index is 10.6. The van der Waals surface area contributed by atoms with Gasteiger partial charge in [0.05, 0.1) is 12.2 Å². The molecule has 0 amide bonds. The molecule has 2 nitrogen and oxygen atoms in total. The molecule has 1 aliphatic rings. The fraction of sp³-hybridized carbons (Fsp3) is 0.600. The van der Waals surface area contributed by atoms with E-state index in [9.17, 15) is 10.2 Å². The van der Waals surface area contributed by atoms with E-state index in [2.05, 4.69) is 12.1 Å². The molecule has 0 aliphatic carbocycles. The van der Waals surface area contributed by atoms with Crippen molar-refractivity contribution >= 4 is 23.5 Å². The largest absolute Gasteiger partial charge is 0.393 e. The first-order valence-electron chi connectivity index (χ1n) is 6.80. The van der Waals surface area contributed by atoms with E-state index < -0.39 is 12.2 Å². The summed E-state index contributed by atoms with van der Waals surface area (Å²) in [5.41, 5.74) is 0. The predicted octanol–water partition coefficient (Wildman–Crippen LogP) is 3.18. The van der Waals surface area contributed by atoms with Crippen LogP contribution in [0.5, 0.6) is 0 Å². The van der Waals surface area contributed by atoms with E-state index in [1.165, 1.54) is 4.90 Å². The van der Waals surface area contributed by atoms with Gasteiger partial charge in [-0.3, -0.25) is 0 Å². The van der Waals surface area contributed by atoms with E-state index in [0.29, 0.717) is 6.42 Å². The lowest BCUT2D eigenvalue weighted by atomic mass is 9.91. The van der Waals surface area contributed by atoms with E-state index in [0.717, 1.165) is 24.3 Å². The van der Waals surface area contributed by atoms with Crippen molar-refractivity contribution in [1.82, 2.24) is 0 Å². The van der Waals surface area contributed by atoms with Gasteiger partial charge in [0.25, 0.3) is 0 Å². The number of aliphatic hydroxyl groups is 2. The zero-order valence-corrected chi connectivity index (χ0v) is 12.9. The van der Waals surface area contributed by atoms with E-state index in [1.807, 2.05) is 30.0 Å². The van der Waals surface area contributed by atoms with E-state index in [4.69, 9.17) is 0 Å². The number of hydrogen-bond donors (Lipinski definition) is 2. The Morgan fingerprint density at radius 3 is 2.42 bits per heavy atom. The maximum absolute atomic E-state index is 10.6. The van der Waals surface area contributed by atoms with Gasteiger partial charge in [0.2, 0.25) is 0 Å². The van der Waals surface area contributed by atoms with Crippen LogP contribution in [0.25, 0.3) is 0 Å². The molecule has 1 aromatic rings. The summed E-state index contributed by atoms with van der Waals surface area (Å²) in [7, 11) is 0. The van der Waals surface area contributed by atoms with Gasteiger partial charge >= 0.3 is 0 Å². The first kappa shape index (κ1) is 15.2. The van der Waals surface area contributed by atoms with Gasteiger partial charge in [-0.1, -0.05) is 18.2 Å². The quantitative estimate of drug-likeness (QED) is 0.876. The number of aliphatic hydroxyl groups excluding tert-OH is 2. The van der Waals surface area contributed by atoms with E-state index in [1.54, 1.807) is 18.7 Å². The van der Waals surface area contributed by atoms with Gasteiger partial charge in [-0.2, -0.15) is 11.8 Å². The predicted molar refractivity (Wildman–Crippen MR) is 83.9 cm³/mol. The Morgan fingerprint density at radius 2 is 1.84 bits per heavy atom. The van der Waals surface area contributed by atoms with Crippen molar-refractivity contribution in [2.24, 2.45) is 0 Å². The Morgan fingerprint density at radius 1 is 1.21 bits per heavy atom. The van der Waals surface area contributed by atoms with Gasteiger partial charge in [0.15, 0.2) is 0 Å². The van der Waals surface area contributed by atoms with E-state index >= 15 is 0 Å². The Balaban J connectivity index is 2.14. The topological polar surface area (TPSA) is 40.5 Å². The minimum absolute atomic E-state index is 0.135. The molecule has 1 saturated heterocycles. The van der Waals surface area contributed by atoms with Crippen LogP contribution in [0.3, 0.4) is 0 Å². The third-order valence-corrected chi connectivity index (χ3v) is 6.16. The summed E-state index contributed by atoms with van der Waals surface area (Å²) in [6.45, 7) is 1.75. The molecule has 1 aromatic carbocycles. The normalized spacial score (nSPS) is 21.8. The lowest BCUT2D eigenvalue weighted by molar-refractivity contribution is 0.0606. The van der Waals surface area contributed by atoms with Crippen molar-refractivity contribution in [3.05, 3.63) is 30.3 Å². The summed E-state index contributed by atoms with van der Waals surface area (Å²) < 4.78 is -0.135. The van der Waals surface area contributed by atoms with E-state index in [-0.39, 0.29) is 4.75 Å². The van der Waals surface area contributed by atoms with Crippen molar-refractivity contribution in [1.29, 1.82) is 0 Å². The Labute approximate surface area is 124 Å². The first-order chi connectivity index (χ1) is 9.12. The molecule has 0 unspecified atom stereocenters. The summed E-state index contributed by atoms with van der Waals surface area (Å²) in [6.07, 6.45) is 1.58. The van der Waals surface area contributed by atoms with Gasteiger partial charge < -0.3 is 10.2 Å². The fourth-order valence-corrected chi connectivity index (χ4v) is 5.36. The van der Waals surface area contributed by atoms with Crippen LogP contribution in [0, 0.1) is 0 Å². The number of thioether (sulfide) groups is 2. The number of benzene rings is 1. The third kappa shape index (κ3) is 4.15. The van der Waals surface area contributed by atoms with Crippen LogP contribution in [-0.2, 0) is 0 Å². The highest BCUT2D eigenvalue weighted by atomic mass is 32.2. The SMILES string of the molecule is C[C@@H](O)C[C@@H](O)C1(Sc2ccccc2)CCSCC1. The van der Waals surface area contributed by atoms with Crippen molar-refractivity contribution in [3.63, 3.8) is 0 Å². The molecule has 19 heavy (non-hydrogen) atoms. The summed E-state index contributed by atoms with van der Waals surface area (Å²) in [5, 5.41) is 20.1. The second-order valence-corrected chi connectivity index (χ2v) is 7.91. The minimum Gasteiger partial charge on any atom is -0.393 e. The van der Waals surface area contributed by atoms with Crippen LogP contribution in [0.2, 0.25) is 0 Å². The Kier molecular flexibility index (Phi) is 5.63. The highest BCUT2D eigenvalue weighted by molar-refractivity contribution is 8.01. The van der Waals surface area contributed by atoms with Gasteiger partial charge in [-0.25, -0.2) is 0 Å². The zero-order chi connectivity index (χ0) is 13.7. The zero-order valence-electron chi connectivity index (χ0n) is 11.3. The summed E-state index contributed by atoms with van der Waals surface area (Å²) in [6, 6.07) is 10.3. The number of hydrogen-bond acceptors (Lipinski definition) is 4. The first-order valence-corrected chi connectivity index (χ1v) is 8.77. The van der Waals surface area contributed by atoms with Gasteiger partial charge in [0, 0.05) is 16.1 Å². The lowest BCUT2D eigenvalue weighted by Crippen LogP contribution is -2.43. The summed E-state index contributed by atoms with van der Waals surface area (Å²) in [4.78, 5) is 1.21. The van der Waals surface area contributed by atoms with Crippen LogP contribution in [-0.4, -0.2) is 38.7 Å². The molecule has 106 valence electrons. The molecule has 1 fully saturated rings. The Bertz CT molecular complexity index is 375. The molecule has 2 rings (SSSR count). The fourth-order valence-electron chi connectivity index (χ4n) is 2.48. The van der Waals surface area contributed by atoms with Crippen LogP contribution >= 0.6 is 23.5 Å². The monoisotopic (exact) mass is 298 g/mol. The molecule has 2 N–H and O–H groups in total. The van der Waals surface area contributed by atoms with Crippen molar-refractivity contribution < 1.29 is 10.2 Å². The molecular weight excluding hydrogens is 276 g/mol. The summed E-state index contributed by atoms with van der Waals surface area (Å²) in [5.74, 6) is 2.19. The third-order valence-electron chi connectivity index (χ3n) is 3.58. The molecule has 0 saturated carbocycles. The molecule has 0 aromatic heterocycles. The lowest BCUT2D eigenvalue weighted by Gasteiger charge is -2.41. The van der Waals surface area contributed by atoms with Crippen LogP contribution in [0.15, 0.2) is 35.2 Å². The molecule has 1 heterocycles. The molecule has 2 atom stereocenters. The van der Waals surface area contributed by atoms with Crippen molar-refractivity contribution in [3.8, 4) is 0 Å². The molecule has 4 heteroatoms. The van der Waals surface area contributed by atoms with Crippen LogP contribution in [0.4, 0.5) is 0 Å². The second kappa shape index (κ2) is 7.02. The van der Waals surface area contributed by atoms with Crippen molar-refractivity contribution in [2.45, 2.75) is 48.0 Å². The highest BCUT2D eigenvalue weighted by Crippen LogP contribution is 2.46.